The van der Waals surface area contributed by atoms with Crippen LogP contribution in [0.25, 0.3) is 11.0 Å². The van der Waals surface area contributed by atoms with Crippen LogP contribution < -0.4 is 5.73 Å². The van der Waals surface area contributed by atoms with Crippen molar-refractivity contribution in [3.63, 3.8) is 0 Å². The first-order valence-electron chi connectivity index (χ1n) is 6.87. The Bertz CT molecular complexity index is 590. The Hall–Kier alpha value is -1.69. The molecule has 1 fully saturated rings. The van der Waals surface area contributed by atoms with E-state index < -0.39 is 0 Å². The van der Waals surface area contributed by atoms with Gasteiger partial charge in [0.2, 0.25) is 0 Å². The standard InChI is InChI=1S/C13H20N6/c1-3-9-5-4-6-19(9)8-11-16-12(14)10-7-15-18(2)13(10)17-11/h7,9H,3-6,8H2,1-2H3,(H2,14,16,17). The van der Waals surface area contributed by atoms with Crippen molar-refractivity contribution in [1.82, 2.24) is 24.6 Å². The van der Waals surface area contributed by atoms with E-state index in [1.807, 2.05) is 7.05 Å². The molecular formula is C13H20N6. The SMILES string of the molecule is CCC1CCCN1Cc1nc(N)c2cnn(C)c2n1. The number of nitrogens with two attached hydrogens (primary N) is 1. The van der Waals surface area contributed by atoms with Crippen LogP contribution in [0.2, 0.25) is 0 Å². The molecule has 2 aromatic heterocycles. The van der Waals surface area contributed by atoms with Gasteiger partial charge in [-0.15, -0.1) is 0 Å². The minimum atomic E-state index is 0.528. The summed E-state index contributed by atoms with van der Waals surface area (Å²) in [6.45, 7) is 4.15. The van der Waals surface area contributed by atoms with E-state index in [9.17, 15) is 0 Å². The van der Waals surface area contributed by atoms with E-state index in [2.05, 4.69) is 26.9 Å². The molecule has 0 aliphatic carbocycles. The Kier molecular flexibility index (Phi) is 3.10. The number of nitrogen functional groups attached to an aromatic ring is 1. The molecule has 1 aliphatic rings. The lowest BCUT2D eigenvalue weighted by Gasteiger charge is -2.22. The van der Waals surface area contributed by atoms with Gasteiger partial charge in [0.25, 0.3) is 0 Å². The van der Waals surface area contributed by atoms with Gasteiger partial charge in [-0.2, -0.15) is 5.10 Å². The van der Waals surface area contributed by atoms with Gasteiger partial charge >= 0.3 is 0 Å². The summed E-state index contributed by atoms with van der Waals surface area (Å²) in [6.07, 6.45) is 5.45. The molecule has 1 atom stereocenters. The highest BCUT2D eigenvalue weighted by atomic mass is 15.3. The predicted molar refractivity (Wildman–Crippen MR) is 74.4 cm³/mol. The summed E-state index contributed by atoms with van der Waals surface area (Å²) in [5, 5.41) is 5.01. The van der Waals surface area contributed by atoms with Crippen LogP contribution in [-0.4, -0.2) is 37.2 Å². The normalized spacial score (nSPS) is 20.4. The summed E-state index contributed by atoms with van der Waals surface area (Å²) in [7, 11) is 1.88. The first-order chi connectivity index (χ1) is 9.19. The molecule has 0 aromatic carbocycles. The van der Waals surface area contributed by atoms with Crippen molar-refractivity contribution in [1.29, 1.82) is 0 Å². The molecule has 0 bridgehead atoms. The number of likely N-dealkylation sites (tertiary alicyclic amines) is 1. The van der Waals surface area contributed by atoms with Gasteiger partial charge in [0.05, 0.1) is 18.1 Å². The van der Waals surface area contributed by atoms with Gasteiger partial charge in [-0.25, -0.2) is 9.97 Å². The fourth-order valence-electron chi connectivity index (χ4n) is 2.91. The molecular weight excluding hydrogens is 240 g/mol. The van der Waals surface area contributed by atoms with E-state index in [1.54, 1.807) is 10.9 Å². The Morgan fingerprint density at radius 2 is 2.26 bits per heavy atom. The maximum atomic E-state index is 5.99. The van der Waals surface area contributed by atoms with E-state index >= 15 is 0 Å². The molecule has 0 saturated carbocycles. The molecule has 0 amide bonds. The number of aromatic nitrogens is 4. The van der Waals surface area contributed by atoms with Gasteiger partial charge in [-0.1, -0.05) is 6.92 Å². The summed E-state index contributed by atoms with van der Waals surface area (Å²) in [5.74, 6) is 1.33. The topological polar surface area (TPSA) is 72.9 Å². The van der Waals surface area contributed by atoms with E-state index in [1.165, 1.54) is 19.3 Å². The quantitative estimate of drug-likeness (QED) is 0.901. The minimum Gasteiger partial charge on any atom is -0.383 e. The van der Waals surface area contributed by atoms with E-state index in [0.717, 1.165) is 29.9 Å². The molecule has 102 valence electrons. The second-order valence-electron chi connectivity index (χ2n) is 5.21. The summed E-state index contributed by atoms with van der Waals surface area (Å²) in [6, 6.07) is 0.659. The van der Waals surface area contributed by atoms with Crippen molar-refractivity contribution < 1.29 is 0 Å². The summed E-state index contributed by atoms with van der Waals surface area (Å²) >= 11 is 0. The zero-order chi connectivity index (χ0) is 13.4. The lowest BCUT2D eigenvalue weighted by Crippen LogP contribution is -2.29. The summed E-state index contributed by atoms with van der Waals surface area (Å²) in [5.41, 5.74) is 6.80. The lowest BCUT2D eigenvalue weighted by molar-refractivity contribution is 0.234. The average Bonchev–Trinajstić information content (AvgIpc) is 2.97. The van der Waals surface area contributed by atoms with Gasteiger partial charge in [-0.05, 0) is 25.8 Å². The highest BCUT2D eigenvalue weighted by Gasteiger charge is 2.24. The molecule has 3 heterocycles. The Balaban J connectivity index is 1.90. The maximum Gasteiger partial charge on any atom is 0.163 e. The zero-order valence-corrected chi connectivity index (χ0v) is 11.5. The third-order valence-corrected chi connectivity index (χ3v) is 3.98. The van der Waals surface area contributed by atoms with Crippen molar-refractivity contribution in [2.75, 3.05) is 12.3 Å². The summed E-state index contributed by atoms with van der Waals surface area (Å²) < 4.78 is 1.75. The molecule has 0 spiro atoms. The Morgan fingerprint density at radius 1 is 1.42 bits per heavy atom. The molecule has 3 rings (SSSR count). The molecule has 6 nitrogen and oxygen atoms in total. The fraction of sp³-hybridized carbons (Fsp3) is 0.615. The van der Waals surface area contributed by atoms with E-state index in [-0.39, 0.29) is 0 Å². The van der Waals surface area contributed by atoms with Crippen LogP contribution in [-0.2, 0) is 13.6 Å². The molecule has 19 heavy (non-hydrogen) atoms. The number of hydrogen-bond donors (Lipinski definition) is 1. The maximum absolute atomic E-state index is 5.99. The smallest absolute Gasteiger partial charge is 0.163 e. The second-order valence-corrected chi connectivity index (χ2v) is 5.21. The zero-order valence-electron chi connectivity index (χ0n) is 11.5. The molecule has 2 N–H and O–H groups in total. The van der Waals surface area contributed by atoms with Crippen LogP contribution in [0.5, 0.6) is 0 Å². The second kappa shape index (κ2) is 4.77. The highest BCUT2D eigenvalue weighted by Crippen LogP contribution is 2.23. The molecule has 1 aliphatic heterocycles. The van der Waals surface area contributed by atoms with Gasteiger partial charge in [0.15, 0.2) is 5.65 Å². The average molecular weight is 260 g/mol. The van der Waals surface area contributed by atoms with Crippen LogP contribution in [0.1, 0.15) is 32.0 Å². The van der Waals surface area contributed by atoms with E-state index in [0.29, 0.717) is 11.9 Å². The largest absolute Gasteiger partial charge is 0.383 e. The molecule has 6 heteroatoms. The number of anilines is 1. The predicted octanol–water partition coefficient (Wildman–Crippen LogP) is 1.32. The first-order valence-corrected chi connectivity index (χ1v) is 6.87. The van der Waals surface area contributed by atoms with Crippen molar-refractivity contribution in [3.05, 3.63) is 12.0 Å². The van der Waals surface area contributed by atoms with E-state index in [4.69, 9.17) is 5.73 Å². The molecule has 0 radical (unpaired) electrons. The number of aryl methyl sites for hydroxylation is 1. The molecule has 2 aromatic rings. The highest BCUT2D eigenvalue weighted by molar-refractivity contribution is 5.84. The van der Waals surface area contributed by atoms with Gasteiger partial charge in [0, 0.05) is 13.1 Å². The van der Waals surface area contributed by atoms with Crippen molar-refractivity contribution >= 4 is 16.9 Å². The third-order valence-electron chi connectivity index (χ3n) is 3.98. The Labute approximate surface area is 112 Å². The monoisotopic (exact) mass is 260 g/mol. The minimum absolute atomic E-state index is 0.528. The van der Waals surface area contributed by atoms with Crippen molar-refractivity contribution in [3.8, 4) is 0 Å². The van der Waals surface area contributed by atoms with Crippen LogP contribution in [0.15, 0.2) is 6.20 Å². The van der Waals surface area contributed by atoms with Crippen molar-refractivity contribution in [2.24, 2.45) is 7.05 Å². The lowest BCUT2D eigenvalue weighted by atomic mass is 10.2. The fourth-order valence-corrected chi connectivity index (χ4v) is 2.91. The number of rotatable bonds is 3. The number of hydrogen-bond acceptors (Lipinski definition) is 5. The van der Waals surface area contributed by atoms with Gasteiger partial charge < -0.3 is 5.73 Å². The number of nitrogens with zero attached hydrogens (tertiary/aromatic N) is 5. The first kappa shape index (κ1) is 12.3. The van der Waals surface area contributed by atoms with Crippen LogP contribution in [0.4, 0.5) is 5.82 Å². The summed E-state index contributed by atoms with van der Waals surface area (Å²) in [4.78, 5) is 11.5. The number of fused-ring (bicyclic) bond motifs is 1. The van der Waals surface area contributed by atoms with Crippen LogP contribution in [0.3, 0.4) is 0 Å². The van der Waals surface area contributed by atoms with Crippen LogP contribution >= 0.6 is 0 Å². The molecule has 1 unspecified atom stereocenters. The van der Waals surface area contributed by atoms with Gasteiger partial charge in [0.1, 0.15) is 11.6 Å². The van der Waals surface area contributed by atoms with Crippen molar-refractivity contribution in [2.45, 2.75) is 38.8 Å². The third kappa shape index (κ3) is 2.16. The Morgan fingerprint density at radius 3 is 3.05 bits per heavy atom. The molecule has 1 saturated heterocycles. The van der Waals surface area contributed by atoms with Crippen LogP contribution in [0, 0.1) is 0 Å². The van der Waals surface area contributed by atoms with Gasteiger partial charge in [-0.3, -0.25) is 9.58 Å².